The van der Waals surface area contributed by atoms with Crippen molar-refractivity contribution in [3.8, 4) is 0 Å². The minimum atomic E-state index is -3.05. The van der Waals surface area contributed by atoms with Crippen molar-refractivity contribution >= 4 is 35.8 Å². The van der Waals surface area contributed by atoms with Crippen LogP contribution in [0.2, 0.25) is 0 Å². The largest absolute Gasteiger partial charge is 0.481 e. The lowest BCUT2D eigenvalue weighted by Gasteiger charge is -2.27. The number of carbonyl (C=O) groups excluding carboxylic acids is 2. The van der Waals surface area contributed by atoms with Gasteiger partial charge in [0.25, 0.3) is 0 Å². The molecule has 13 heteroatoms. The Morgan fingerprint density at radius 2 is 1.54 bits per heavy atom. The maximum Gasteiger partial charge on any atom is 0.345 e. The highest BCUT2D eigenvalue weighted by Crippen LogP contribution is 2.35. The number of carbonyl (C=O) groups is 6. The van der Waals surface area contributed by atoms with Crippen LogP contribution in [0.15, 0.2) is 24.3 Å². The minimum absolute atomic E-state index is 0.293. The van der Waals surface area contributed by atoms with E-state index in [0.717, 1.165) is 19.3 Å². The predicted molar refractivity (Wildman–Crippen MR) is 142 cm³/mol. The molecular weight excluding hydrogens is 544 g/mol. The summed E-state index contributed by atoms with van der Waals surface area (Å²) in [6, 6.07) is 0. The fraction of sp³-hybridized carbons (Fsp3) is 0.643. The Balaban J connectivity index is 2.71. The molecule has 5 N–H and O–H groups in total. The van der Waals surface area contributed by atoms with E-state index in [9.17, 15) is 44.1 Å². The number of carboxylic acid groups (broad SMARTS) is 4. The van der Waals surface area contributed by atoms with E-state index in [-0.39, 0.29) is 6.42 Å². The summed E-state index contributed by atoms with van der Waals surface area (Å²) in [5, 5.41) is 47.7. The van der Waals surface area contributed by atoms with Gasteiger partial charge in [0.15, 0.2) is 5.60 Å². The molecule has 0 spiro atoms. The van der Waals surface area contributed by atoms with Gasteiger partial charge in [-0.2, -0.15) is 0 Å². The molecule has 0 amide bonds. The highest BCUT2D eigenvalue weighted by molar-refractivity contribution is 5.92. The first-order valence-corrected chi connectivity index (χ1v) is 13.7. The van der Waals surface area contributed by atoms with Crippen molar-refractivity contribution in [2.75, 3.05) is 0 Å². The van der Waals surface area contributed by atoms with Gasteiger partial charge in [-0.1, -0.05) is 57.3 Å². The lowest BCUT2D eigenvalue weighted by molar-refractivity contribution is -0.184. The summed E-state index contributed by atoms with van der Waals surface area (Å²) >= 11 is 0. The third-order valence-corrected chi connectivity index (χ3v) is 6.70. The Morgan fingerprint density at radius 3 is 2.12 bits per heavy atom. The number of aliphatic hydroxyl groups is 1. The second-order valence-electron chi connectivity index (χ2n) is 9.99. The standard InChI is InChI=1S/C28H40O13/c1-2-3-4-5-6-7-8-9-10-11-12-13-14-18-15-20(26(36)40-18)28(39,27(37)38)17-22(31)41-23(25(34)35)19(24(32)33)16-21(29)30/h9-10,13-14,18-20,23,39H,2-8,11-12,15-17H2,1H3,(H,29,30)(H,32,33)(H,34,35)(H,37,38). The molecule has 1 aliphatic heterocycles. The molecular formula is C28H40O13. The van der Waals surface area contributed by atoms with Gasteiger partial charge >= 0.3 is 35.8 Å². The van der Waals surface area contributed by atoms with Crippen LogP contribution in [0.1, 0.15) is 84.0 Å². The van der Waals surface area contributed by atoms with Gasteiger partial charge in [-0.25, -0.2) is 9.59 Å². The van der Waals surface area contributed by atoms with Gasteiger partial charge in [-0.3, -0.25) is 19.2 Å². The van der Waals surface area contributed by atoms with Crippen LogP contribution in [0, 0.1) is 11.8 Å². The first-order valence-electron chi connectivity index (χ1n) is 13.7. The Kier molecular flexibility index (Phi) is 15.4. The average Bonchev–Trinajstić information content (AvgIpc) is 3.26. The third kappa shape index (κ3) is 12.1. The van der Waals surface area contributed by atoms with Gasteiger partial charge in [-0.15, -0.1) is 0 Å². The second kappa shape index (κ2) is 17.8. The number of hydrogen-bond donors (Lipinski definition) is 5. The van der Waals surface area contributed by atoms with Crippen molar-refractivity contribution in [1.82, 2.24) is 0 Å². The van der Waals surface area contributed by atoms with Gasteiger partial charge in [-0.05, 0) is 31.8 Å². The highest BCUT2D eigenvalue weighted by Gasteiger charge is 2.55. The van der Waals surface area contributed by atoms with Crippen LogP contribution in [-0.2, 0) is 38.2 Å². The highest BCUT2D eigenvalue weighted by atomic mass is 16.6. The van der Waals surface area contributed by atoms with Gasteiger partial charge < -0.3 is 35.0 Å². The average molecular weight is 585 g/mol. The summed E-state index contributed by atoms with van der Waals surface area (Å²) in [5.41, 5.74) is -3.05. The number of ether oxygens (including phenoxy) is 2. The number of cyclic esters (lactones) is 1. The maximum atomic E-state index is 12.4. The zero-order valence-electron chi connectivity index (χ0n) is 23.1. The lowest BCUT2D eigenvalue weighted by Crippen LogP contribution is -2.50. The molecule has 1 aliphatic rings. The van der Waals surface area contributed by atoms with Crippen molar-refractivity contribution in [2.45, 2.75) is 102 Å². The Labute approximate surface area is 237 Å². The van der Waals surface area contributed by atoms with Gasteiger partial charge in [0.1, 0.15) is 17.9 Å². The van der Waals surface area contributed by atoms with Crippen LogP contribution < -0.4 is 0 Å². The molecule has 41 heavy (non-hydrogen) atoms. The fourth-order valence-electron chi connectivity index (χ4n) is 4.40. The molecule has 0 radical (unpaired) electrons. The van der Waals surface area contributed by atoms with Crippen molar-refractivity contribution in [2.24, 2.45) is 11.8 Å². The molecule has 0 aromatic carbocycles. The zero-order valence-corrected chi connectivity index (χ0v) is 23.1. The summed E-state index contributed by atoms with van der Waals surface area (Å²) in [4.78, 5) is 70.4. The number of carboxylic acids is 4. The molecule has 5 unspecified atom stereocenters. The molecule has 1 heterocycles. The maximum absolute atomic E-state index is 12.4. The van der Waals surface area contributed by atoms with Gasteiger partial charge in [0.2, 0.25) is 6.10 Å². The molecule has 0 aliphatic carbocycles. The number of allylic oxidation sites excluding steroid dienone is 3. The molecule has 1 rings (SSSR count). The molecule has 5 atom stereocenters. The number of esters is 2. The van der Waals surface area contributed by atoms with Gasteiger partial charge in [0, 0.05) is 6.42 Å². The number of aliphatic carboxylic acids is 4. The van der Waals surface area contributed by atoms with Crippen LogP contribution in [0.25, 0.3) is 0 Å². The molecule has 1 fully saturated rings. The third-order valence-electron chi connectivity index (χ3n) is 6.70. The minimum Gasteiger partial charge on any atom is -0.481 e. The van der Waals surface area contributed by atoms with Crippen molar-refractivity contribution in [1.29, 1.82) is 0 Å². The monoisotopic (exact) mass is 584 g/mol. The van der Waals surface area contributed by atoms with Gasteiger partial charge in [0.05, 0.1) is 12.8 Å². The van der Waals surface area contributed by atoms with E-state index in [0.29, 0.717) is 6.42 Å². The van der Waals surface area contributed by atoms with E-state index in [1.807, 2.05) is 6.08 Å². The first kappa shape index (κ1) is 35.3. The zero-order chi connectivity index (χ0) is 31.0. The topological polar surface area (TPSA) is 222 Å². The van der Waals surface area contributed by atoms with E-state index in [1.165, 1.54) is 32.1 Å². The quantitative estimate of drug-likeness (QED) is 0.0744. The number of rotatable bonds is 21. The normalized spacial score (nSPS) is 19.9. The fourth-order valence-corrected chi connectivity index (χ4v) is 4.40. The van der Waals surface area contributed by atoms with E-state index in [2.05, 4.69) is 17.7 Å². The second-order valence-corrected chi connectivity index (χ2v) is 9.99. The van der Waals surface area contributed by atoms with E-state index >= 15 is 0 Å². The Bertz CT molecular complexity index is 985. The summed E-state index contributed by atoms with van der Waals surface area (Å²) in [5.74, 6) is -14.2. The van der Waals surface area contributed by atoms with Crippen LogP contribution >= 0.6 is 0 Å². The van der Waals surface area contributed by atoms with Crippen molar-refractivity contribution in [3.05, 3.63) is 24.3 Å². The predicted octanol–water partition coefficient (Wildman–Crippen LogP) is 2.94. The van der Waals surface area contributed by atoms with E-state index in [4.69, 9.17) is 14.9 Å². The molecule has 0 aromatic heterocycles. The number of hydrogen-bond acceptors (Lipinski definition) is 9. The van der Waals surface area contributed by atoms with Crippen LogP contribution in [-0.4, -0.2) is 79.2 Å². The van der Waals surface area contributed by atoms with Crippen LogP contribution in [0.5, 0.6) is 0 Å². The summed E-state index contributed by atoms with van der Waals surface area (Å²) in [6.45, 7) is 2.18. The van der Waals surface area contributed by atoms with E-state index < -0.39 is 78.3 Å². The molecule has 0 saturated carbocycles. The summed E-state index contributed by atoms with van der Waals surface area (Å²) < 4.78 is 9.70. The molecule has 1 saturated heterocycles. The molecule has 0 bridgehead atoms. The SMILES string of the molecule is CCCCCCCCC=CCCC=CC1CC(C(O)(CC(=O)OC(C(=O)O)C(CC(=O)O)C(=O)O)C(=O)O)C(=O)O1. The molecule has 0 aromatic rings. The lowest BCUT2D eigenvalue weighted by atomic mass is 9.82. The van der Waals surface area contributed by atoms with E-state index in [1.54, 1.807) is 12.2 Å². The molecule has 230 valence electrons. The molecule has 13 nitrogen and oxygen atoms in total. The first-order chi connectivity index (χ1) is 19.3. The smallest absolute Gasteiger partial charge is 0.345 e. The Morgan fingerprint density at radius 1 is 0.927 bits per heavy atom. The number of unbranched alkanes of at least 4 members (excludes halogenated alkanes) is 7. The van der Waals surface area contributed by atoms with Crippen LogP contribution in [0.4, 0.5) is 0 Å². The van der Waals surface area contributed by atoms with Crippen molar-refractivity contribution < 1.29 is 63.8 Å². The van der Waals surface area contributed by atoms with Crippen molar-refractivity contribution in [3.63, 3.8) is 0 Å². The summed E-state index contributed by atoms with van der Waals surface area (Å²) in [7, 11) is 0. The summed E-state index contributed by atoms with van der Waals surface area (Å²) in [6.07, 6.45) is 10.9. The Hall–Kier alpha value is -3.74. The van der Waals surface area contributed by atoms with Crippen LogP contribution in [0.3, 0.4) is 0 Å².